The Labute approximate surface area is 219 Å². The van der Waals surface area contributed by atoms with E-state index in [1.807, 2.05) is 44.2 Å². The van der Waals surface area contributed by atoms with Crippen LogP contribution in [0.1, 0.15) is 29.3 Å². The molecule has 1 amide bonds. The molecule has 1 aromatic heterocycles. The lowest BCUT2D eigenvalue weighted by Crippen LogP contribution is -2.25. The number of aromatic nitrogens is 1. The zero-order valence-electron chi connectivity index (χ0n) is 20.3. The maximum absolute atomic E-state index is 14.4. The Morgan fingerprint density at radius 2 is 1.47 bits per heavy atom. The van der Waals surface area contributed by atoms with Gasteiger partial charge in [-0.05, 0) is 50.1 Å². The third-order valence-corrected chi connectivity index (χ3v) is 6.85. The third kappa shape index (κ3) is 3.98. The summed E-state index contributed by atoms with van der Waals surface area (Å²) in [4.78, 5) is 13.2. The SMILES string of the molecule is CC1=NN(c2c(F)c(F)c(F)c(F)c2F)C(=O)/C1=C/c1c(C)n(Cc2ccc(Cl)cc2)c2c(C)cccc12. The molecule has 0 bridgehead atoms. The summed E-state index contributed by atoms with van der Waals surface area (Å²) in [5, 5.41) is 5.48. The molecule has 1 aliphatic heterocycles. The van der Waals surface area contributed by atoms with Gasteiger partial charge in [0.05, 0.1) is 16.8 Å². The molecule has 0 aliphatic carbocycles. The van der Waals surface area contributed by atoms with Gasteiger partial charge in [-0.3, -0.25) is 4.79 Å². The number of fused-ring (bicyclic) bond motifs is 1. The van der Waals surface area contributed by atoms with Gasteiger partial charge in [0.25, 0.3) is 5.91 Å². The minimum atomic E-state index is -2.31. The van der Waals surface area contributed by atoms with E-state index in [4.69, 9.17) is 11.6 Å². The van der Waals surface area contributed by atoms with E-state index in [2.05, 4.69) is 9.67 Å². The van der Waals surface area contributed by atoms with Crippen molar-refractivity contribution in [2.45, 2.75) is 27.3 Å². The lowest BCUT2D eigenvalue weighted by molar-refractivity contribution is -0.114. The van der Waals surface area contributed by atoms with Crippen LogP contribution < -0.4 is 5.01 Å². The molecule has 4 nitrogen and oxygen atoms in total. The molecule has 0 radical (unpaired) electrons. The number of anilines is 1. The number of benzene rings is 3. The van der Waals surface area contributed by atoms with E-state index >= 15 is 0 Å². The van der Waals surface area contributed by atoms with Gasteiger partial charge in [-0.15, -0.1) is 0 Å². The molecule has 1 aliphatic rings. The van der Waals surface area contributed by atoms with Crippen LogP contribution in [0.3, 0.4) is 0 Å². The third-order valence-electron chi connectivity index (χ3n) is 6.60. The smallest absolute Gasteiger partial charge is 0.280 e. The Morgan fingerprint density at radius 3 is 2.11 bits per heavy atom. The summed E-state index contributed by atoms with van der Waals surface area (Å²) in [6.07, 6.45) is 1.53. The van der Waals surface area contributed by atoms with E-state index in [9.17, 15) is 26.7 Å². The molecular weight excluding hydrogens is 525 g/mol. The summed E-state index contributed by atoms with van der Waals surface area (Å²) in [6, 6.07) is 13.1. The summed E-state index contributed by atoms with van der Waals surface area (Å²) in [5.41, 5.74) is 2.95. The molecule has 0 saturated heterocycles. The summed E-state index contributed by atoms with van der Waals surface area (Å²) >= 11 is 6.02. The number of hydrogen-bond acceptors (Lipinski definition) is 2. The predicted octanol–water partition coefficient (Wildman–Crippen LogP) is 7.46. The van der Waals surface area contributed by atoms with Crippen LogP contribution in [0.15, 0.2) is 53.1 Å². The van der Waals surface area contributed by atoms with Crippen LogP contribution in [0.5, 0.6) is 0 Å². The minimum Gasteiger partial charge on any atom is -0.340 e. The second kappa shape index (κ2) is 9.40. The Hall–Kier alpha value is -3.98. The number of para-hydroxylation sites is 1. The molecule has 0 saturated carbocycles. The van der Waals surface area contributed by atoms with E-state index in [0.717, 1.165) is 27.7 Å². The first kappa shape index (κ1) is 25.7. The second-order valence-electron chi connectivity index (χ2n) is 8.96. The number of carbonyl (C=O) groups excluding carboxylic acids is 1. The van der Waals surface area contributed by atoms with Crippen molar-refractivity contribution in [2.24, 2.45) is 5.10 Å². The quantitative estimate of drug-likeness (QED) is 0.114. The molecule has 0 fully saturated rings. The van der Waals surface area contributed by atoms with E-state index in [-0.39, 0.29) is 16.3 Å². The highest BCUT2D eigenvalue weighted by atomic mass is 35.5. The number of amides is 1. The maximum atomic E-state index is 14.4. The standard InChI is InChI=1S/C28H19ClF5N3O/c1-13-5-4-6-18-20(15(3)36(26(13)18)12-16-7-9-17(29)10-8-16)11-19-14(2)35-37(28(19)38)27-24(33)22(31)21(30)23(32)25(27)34/h4-11H,12H2,1-3H3/b19-11+. The molecule has 0 unspecified atom stereocenters. The normalized spacial score (nSPS) is 14.8. The van der Waals surface area contributed by atoms with Gasteiger partial charge in [0.1, 0.15) is 5.69 Å². The molecule has 0 N–H and O–H groups in total. The zero-order valence-corrected chi connectivity index (χ0v) is 21.1. The fourth-order valence-corrected chi connectivity index (χ4v) is 4.78. The van der Waals surface area contributed by atoms with Gasteiger partial charge in [-0.2, -0.15) is 10.1 Å². The molecule has 4 aromatic rings. The van der Waals surface area contributed by atoms with Crippen molar-refractivity contribution in [1.29, 1.82) is 0 Å². The molecule has 3 aromatic carbocycles. The molecule has 2 heterocycles. The Balaban J connectivity index is 1.64. The Morgan fingerprint density at radius 1 is 0.868 bits per heavy atom. The highest BCUT2D eigenvalue weighted by Crippen LogP contribution is 2.36. The zero-order chi connectivity index (χ0) is 27.5. The van der Waals surface area contributed by atoms with Crippen molar-refractivity contribution in [1.82, 2.24) is 4.57 Å². The Kier molecular flexibility index (Phi) is 6.35. The first-order valence-corrected chi connectivity index (χ1v) is 11.8. The van der Waals surface area contributed by atoms with Crippen LogP contribution in [0.25, 0.3) is 17.0 Å². The molecule has 10 heteroatoms. The summed E-state index contributed by atoms with van der Waals surface area (Å²) in [6.45, 7) is 5.75. The number of hydrazone groups is 1. The molecule has 38 heavy (non-hydrogen) atoms. The van der Waals surface area contributed by atoms with Crippen LogP contribution in [-0.4, -0.2) is 16.2 Å². The van der Waals surface area contributed by atoms with Gasteiger partial charge < -0.3 is 4.57 Å². The van der Waals surface area contributed by atoms with Crippen LogP contribution in [-0.2, 0) is 11.3 Å². The monoisotopic (exact) mass is 543 g/mol. The van der Waals surface area contributed by atoms with Gasteiger partial charge in [0, 0.05) is 28.2 Å². The van der Waals surface area contributed by atoms with E-state index in [1.54, 1.807) is 12.1 Å². The number of halogens is 6. The maximum Gasteiger partial charge on any atom is 0.280 e. The van der Waals surface area contributed by atoms with Crippen LogP contribution in [0, 0.1) is 42.9 Å². The van der Waals surface area contributed by atoms with Crippen molar-refractivity contribution < 1.29 is 26.7 Å². The lowest BCUT2D eigenvalue weighted by atomic mass is 10.0. The average Bonchev–Trinajstić information content (AvgIpc) is 3.32. The van der Waals surface area contributed by atoms with Gasteiger partial charge in [-0.25, -0.2) is 22.0 Å². The fraction of sp³-hybridized carbons (Fsp3) is 0.143. The molecule has 5 rings (SSSR count). The number of aryl methyl sites for hydroxylation is 1. The highest BCUT2D eigenvalue weighted by Gasteiger charge is 2.37. The van der Waals surface area contributed by atoms with Crippen LogP contribution in [0.4, 0.5) is 27.6 Å². The predicted molar refractivity (Wildman–Crippen MR) is 137 cm³/mol. The second-order valence-corrected chi connectivity index (χ2v) is 9.40. The van der Waals surface area contributed by atoms with E-state index in [1.165, 1.54) is 13.0 Å². The number of rotatable bonds is 4. The van der Waals surface area contributed by atoms with E-state index in [0.29, 0.717) is 17.1 Å². The fourth-order valence-electron chi connectivity index (χ4n) is 4.65. The highest BCUT2D eigenvalue weighted by molar-refractivity contribution is 6.32. The van der Waals surface area contributed by atoms with Crippen LogP contribution >= 0.6 is 11.6 Å². The van der Waals surface area contributed by atoms with Gasteiger partial charge >= 0.3 is 0 Å². The molecule has 0 atom stereocenters. The number of hydrogen-bond donors (Lipinski definition) is 0. The molecule has 0 spiro atoms. The Bertz CT molecular complexity index is 1680. The van der Waals surface area contributed by atoms with Crippen molar-refractivity contribution in [3.63, 3.8) is 0 Å². The van der Waals surface area contributed by atoms with Crippen molar-refractivity contribution in [3.8, 4) is 0 Å². The minimum absolute atomic E-state index is 0.0379. The van der Waals surface area contributed by atoms with Crippen molar-refractivity contribution >= 4 is 45.9 Å². The summed E-state index contributed by atoms with van der Waals surface area (Å²) < 4.78 is 72.2. The van der Waals surface area contributed by atoms with Crippen molar-refractivity contribution in [2.75, 3.05) is 5.01 Å². The molecular formula is C28H19ClF5N3O. The van der Waals surface area contributed by atoms with Crippen LogP contribution in [0.2, 0.25) is 5.02 Å². The van der Waals surface area contributed by atoms with E-state index < -0.39 is 40.7 Å². The first-order chi connectivity index (χ1) is 18.0. The molecule has 194 valence electrons. The first-order valence-electron chi connectivity index (χ1n) is 11.5. The van der Waals surface area contributed by atoms with Gasteiger partial charge in [0.15, 0.2) is 23.3 Å². The van der Waals surface area contributed by atoms with Gasteiger partial charge in [0.2, 0.25) is 5.82 Å². The lowest BCUT2D eigenvalue weighted by Gasteiger charge is -2.15. The van der Waals surface area contributed by atoms with Crippen molar-refractivity contribution in [3.05, 3.63) is 105 Å². The largest absolute Gasteiger partial charge is 0.340 e. The topological polar surface area (TPSA) is 37.6 Å². The number of carbonyl (C=O) groups is 1. The van der Waals surface area contributed by atoms with Gasteiger partial charge in [-0.1, -0.05) is 41.9 Å². The summed E-state index contributed by atoms with van der Waals surface area (Å²) in [7, 11) is 0. The average molecular weight is 544 g/mol. The number of nitrogens with zero attached hydrogens (tertiary/aromatic N) is 3. The summed E-state index contributed by atoms with van der Waals surface area (Å²) in [5.74, 6) is -11.9.